The minimum Gasteiger partial charge on any atom is -0.504 e. The molecule has 4 nitrogen and oxygen atoms in total. The van der Waals surface area contributed by atoms with Crippen LogP contribution in [0.3, 0.4) is 0 Å². The first-order valence-corrected chi connectivity index (χ1v) is 7.85. The fourth-order valence-electron chi connectivity index (χ4n) is 1.84. The Bertz CT molecular complexity index is 806. The summed E-state index contributed by atoms with van der Waals surface area (Å²) in [4.78, 5) is 0.0577. The van der Waals surface area contributed by atoms with Crippen molar-refractivity contribution in [1.82, 2.24) is 0 Å². The van der Waals surface area contributed by atoms with Gasteiger partial charge in [-0.3, -0.25) is 4.72 Å². The summed E-state index contributed by atoms with van der Waals surface area (Å²) in [5, 5.41) is 9.46. The third-order valence-corrected chi connectivity index (χ3v) is 4.70. The molecule has 112 valence electrons. The smallest absolute Gasteiger partial charge is 0.262 e. The van der Waals surface area contributed by atoms with Gasteiger partial charge < -0.3 is 5.11 Å². The van der Waals surface area contributed by atoms with Crippen LogP contribution >= 0.6 is 11.6 Å². The predicted octanol–water partition coefficient (Wildman–Crippen LogP) is 3.60. The van der Waals surface area contributed by atoms with E-state index in [1.807, 2.05) is 0 Å². The Balaban J connectivity index is 2.50. The Morgan fingerprint density at radius 1 is 1.19 bits per heavy atom. The topological polar surface area (TPSA) is 66.4 Å². The highest BCUT2D eigenvalue weighted by molar-refractivity contribution is 7.92. The van der Waals surface area contributed by atoms with Gasteiger partial charge in [0.2, 0.25) is 0 Å². The normalized spacial score (nSPS) is 11.4. The summed E-state index contributed by atoms with van der Waals surface area (Å²) in [5.74, 6) is -1.27. The summed E-state index contributed by atoms with van der Waals surface area (Å²) in [7, 11) is -3.96. The minimum atomic E-state index is -3.96. The molecule has 0 bridgehead atoms. The van der Waals surface area contributed by atoms with Gasteiger partial charge in [-0.15, -0.1) is 0 Å². The molecule has 2 aromatic rings. The fraction of sp³-hybridized carbons (Fsp3) is 0.143. The van der Waals surface area contributed by atoms with Crippen molar-refractivity contribution >= 4 is 27.3 Å². The van der Waals surface area contributed by atoms with Gasteiger partial charge in [0, 0.05) is 6.07 Å². The Kier molecular flexibility index (Phi) is 4.11. The van der Waals surface area contributed by atoms with Crippen molar-refractivity contribution in [2.75, 3.05) is 4.72 Å². The average molecular weight is 330 g/mol. The lowest BCUT2D eigenvalue weighted by Gasteiger charge is -2.13. The van der Waals surface area contributed by atoms with Crippen molar-refractivity contribution in [2.24, 2.45) is 0 Å². The number of hydrogen-bond acceptors (Lipinski definition) is 3. The molecule has 2 aromatic carbocycles. The zero-order valence-electron chi connectivity index (χ0n) is 11.3. The lowest BCUT2D eigenvalue weighted by molar-refractivity contribution is 0.476. The molecule has 0 radical (unpaired) electrons. The molecular weight excluding hydrogens is 317 g/mol. The first-order chi connectivity index (χ1) is 9.70. The summed E-state index contributed by atoms with van der Waals surface area (Å²) in [5.41, 5.74) is 0.999. The number of phenolic OH excluding ortho intramolecular Hbond substituents is 1. The van der Waals surface area contributed by atoms with Gasteiger partial charge in [0.15, 0.2) is 5.75 Å². The van der Waals surface area contributed by atoms with E-state index in [4.69, 9.17) is 11.6 Å². The minimum absolute atomic E-state index is 0.0577. The molecule has 0 aliphatic carbocycles. The molecular formula is C14H13ClFNO3S. The van der Waals surface area contributed by atoms with E-state index in [-0.39, 0.29) is 15.6 Å². The first kappa shape index (κ1) is 15.6. The van der Waals surface area contributed by atoms with Crippen molar-refractivity contribution < 1.29 is 17.9 Å². The second-order valence-corrected chi connectivity index (χ2v) is 6.72. The van der Waals surface area contributed by atoms with Crippen molar-refractivity contribution in [3.05, 3.63) is 52.3 Å². The van der Waals surface area contributed by atoms with E-state index >= 15 is 0 Å². The van der Waals surface area contributed by atoms with Gasteiger partial charge >= 0.3 is 0 Å². The summed E-state index contributed by atoms with van der Waals surface area (Å²) < 4.78 is 40.2. The van der Waals surface area contributed by atoms with Crippen LogP contribution in [0.4, 0.5) is 10.1 Å². The van der Waals surface area contributed by atoms with Crippen molar-refractivity contribution in [1.29, 1.82) is 0 Å². The van der Waals surface area contributed by atoms with Gasteiger partial charge in [-0.2, -0.15) is 0 Å². The van der Waals surface area contributed by atoms with Crippen LogP contribution in [0.5, 0.6) is 5.75 Å². The zero-order chi connectivity index (χ0) is 15.8. The second-order valence-electron chi connectivity index (χ2n) is 4.66. The number of halogens is 2. The molecule has 0 aromatic heterocycles. The van der Waals surface area contributed by atoms with Gasteiger partial charge in [-0.1, -0.05) is 23.7 Å². The maximum atomic E-state index is 13.3. The van der Waals surface area contributed by atoms with E-state index in [1.165, 1.54) is 6.07 Å². The third kappa shape index (κ3) is 3.28. The van der Waals surface area contributed by atoms with E-state index in [1.54, 1.807) is 26.0 Å². The van der Waals surface area contributed by atoms with Crippen molar-refractivity contribution in [2.45, 2.75) is 18.7 Å². The fourth-order valence-corrected chi connectivity index (χ4v) is 3.43. The number of nitrogens with one attached hydrogen (secondary N) is 1. The number of hydrogen-bond donors (Lipinski definition) is 2. The number of rotatable bonds is 3. The van der Waals surface area contributed by atoms with E-state index in [0.717, 1.165) is 17.7 Å². The lowest BCUT2D eigenvalue weighted by atomic mass is 10.2. The summed E-state index contributed by atoms with van der Waals surface area (Å²) in [6, 6.07) is 6.71. The van der Waals surface area contributed by atoms with Crippen molar-refractivity contribution in [3.8, 4) is 5.75 Å². The summed E-state index contributed by atoms with van der Waals surface area (Å²) in [6.45, 7) is 3.40. The van der Waals surface area contributed by atoms with Crippen LogP contribution in [-0.4, -0.2) is 13.5 Å². The Morgan fingerprint density at radius 3 is 2.52 bits per heavy atom. The molecule has 2 rings (SSSR count). The SMILES string of the molecule is Cc1ccc(C)c(S(=O)(=O)Nc2cc(F)cc(Cl)c2O)c1. The maximum Gasteiger partial charge on any atom is 0.262 e. The number of benzene rings is 2. The van der Waals surface area contributed by atoms with Crippen LogP contribution < -0.4 is 4.72 Å². The largest absolute Gasteiger partial charge is 0.504 e. The number of phenols is 1. The average Bonchev–Trinajstić information content (AvgIpc) is 2.37. The highest BCUT2D eigenvalue weighted by Gasteiger charge is 2.20. The molecule has 7 heteroatoms. The molecule has 0 fully saturated rings. The summed E-state index contributed by atoms with van der Waals surface area (Å²) in [6.07, 6.45) is 0. The van der Waals surface area contributed by atoms with Crippen LogP contribution in [0.25, 0.3) is 0 Å². The number of sulfonamides is 1. The van der Waals surface area contributed by atoms with Crippen LogP contribution in [-0.2, 0) is 10.0 Å². The molecule has 0 unspecified atom stereocenters. The van der Waals surface area contributed by atoms with Gasteiger partial charge in [0.1, 0.15) is 5.82 Å². The predicted molar refractivity (Wildman–Crippen MR) is 79.8 cm³/mol. The van der Waals surface area contributed by atoms with E-state index in [2.05, 4.69) is 4.72 Å². The zero-order valence-corrected chi connectivity index (χ0v) is 12.9. The molecule has 0 aliphatic heterocycles. The molecule has 0 aliphatic rings. The highest BCUT2D eigenvalue weighted by Crippen LogP contribution is 2.34. The van der Waals surface area contributed by atoms with Crippen molar-refractivity contribution in [3.63, 3.8) is 0 Å². The number of anilines is 1. The van der Waals surface area contributed by atoms with Crippen LogP contribution in [0.15, 0.2) is 35.2 Å². The van der Waals surface area contributed by atoms with Gasteiger partial charge in [0.25, 0.3) is 10.0 Å². The molecule has 0 heterocycles. The lowest BCUT2D eigenvalue weighted by Crippen LogP contribution is -2.14. The van der Waals surface area contributed by atoms with Crippen LogP contribution in [0.2, 0.25) is 5.02 Å². The van der Waals surface area contributed by atoms with Gasteiger partial charge in [-0.05, 0) is 37.1 Å². The van der Waals surface area contributed by atoms with Crippen LogP contribution in [0.1, 0.15) is 11.1 Å². The standard InChI is InChI=1S/C14H13ClFNO3S/c1-8-3-4-9(2)13(5-8)21(19,20)17-12-7-10(16)6-11(15)14(12)18/h3-7,17-18H,1-2H3. The molecule has 0 saturated carbocycles. The highest BCUT2D eigenvalue weighted by atomic mass is 35.5. The van der Waals surface area contributed by atoms with Crippen LogP contribution in [0, 0.1) is 19.7 Å². The molecule has 2 N–H and O–H groups in total. The molecule has 0 amide bonds. The quantitative estimate of drug-likeness (QED) is 0.845. The molecule has 21 heavy (non-hydrogen) atoms. The number of aryl methyl sites for hydroxylation is 2. The maximum absolute atomic E-state index is 13.3. The first-order valence-electron chi connectivity index (χ1n) is 5.99. The Labute approximate surface area is 127 Å². The monoisotopic (exact) mass is 329 g/mol. The molecule has 0 atom stereocenters. The van der Waals surface area contributed by atoms with Gasteiger partial charge in [0.05, 0.1) is 15.6 Å². The Morgan fingerprint density at radius 2 is 1.86 bits per heavy atom. The number of aromatic hydroxyl groups is 1. The summed E-state index contributed by atoms with van der Waals surface area (Å²) >= 11 is 5.63. The van der Waals surface area contributed by atoms with E-state index in [0.29, 0.717) is 5.56 Å². The van der Waals surface area contributed by atoms with E-state index < -0.39 is 21.6 Å². The Hall–Kier alpha value is -1.79. The van der Waals surface area contributed by atoms with E-state index in [9.17, 15) is 17.9 Å². The third-order valence-electron chi connectivity index (χ3n) is 2.91. The van der Waals surface area contributed by atoms with Gasteiger partial charge in [-0.25, -0.2) is 12.8 Å². The molecule has 0 spiro atoms. The second kappa shape index (κ2) is 5.54. The molecule has 0 saturated heterocycles.